The number of pyridine rings is 1. The summed E-state index contributed by atoms with van der Waals surface area (Å²) in [4.78, 5) is 19.3. The van der Waals surface area contributed by atoms with Gasteiger partial charge in [0.1, 0.15) is 41.4 Å². The molecule has 6 rings (SSSR count). The van der Waals surface area contributed by atoms with Crippen LogP contribution in [-0.2, 0) is 16.1 Å². The van der Waals surface area contributed by atoms with Crippen LogP contribution in [0.15, 0.2) is 66.6 Å². The molecular weight excluding hydrogens is 665 g/mol. The number of carbonyl (C=O) groups excluding carboxylic acids is 1. The predicted octanol–water partition coefficient (Wildman–Crippen LogP) is 7.71. The fraction of sp³-hybridized carbons (Fsp3) is 0.286. The van der Waals surface area contributed by atoms with E-state index in [-0.39, 0.29) is 47.7 Å². The van der Waals surface area contributed by atoms with Crippen molar-refractivity contribution in [2.75, 3.05) is 33.9 Å². The predicted molar refractivity (Wildman–Crippen MR) is 177 cm³/mol. The Balaban J connectivity index is 1.59. The lowest BCUT2D eigenvalue weighted by Gasteiger charge is -2.33. The molecule has 0 fully saturated rings. The molecule has 0 bridgehead atoms. The first-order chi connectivity index (χ1) is 23.5. The van der Waals surface area contributed by atoms with Crippen molar-refractivity contribution in [1.29, 1.82) is 0 Å². The minimum Gasteiger partial charge on any atom is -0.490 e. The molecule has 1 aliphatic rings. The highest BCUT2D eigenvalue weighted by Gasteiger charge is 2.39. The van der Waals surface area contributed by atoms with Crippen LogP contribution in [0.2, 0.25) is 0 Å². The quantitative estimate of drug-likeness (QED) is 0.0916. The van der Waals surface area contributed by atoms with E-state index < -0.39 is 23.9 Å². The molecule has 14 heteroatoms. The second kappa shape index (κ2) is 13.7. The van der Waals surface area contributed by atoms with E-state index in [1.54, 1.807) is 39.2 Å². The lowest BCUT2D eigenvalue weighted by Crippen LogP contribution is -2.40. The second-order valence-corrected chi connectivity index (χ2v) is 12.3. The number of amides is 1. The maximum Gasteiger partial charge on any atom is 0.407 e. The Morgan fingerprint density at radius 1 is 1.10 bits per heavy atom. The van der Waals surface area contributed by atoms with Crippen molar-refractivity contribution in [3.63, 3.8) is 0 Å². The van der Waals surface area contributed by atoms with E-state index in [1.165, 1.54) is 43.7 Å². The number of carbonyl (C=O) groups is 1. The molecule has 0 spiro atoms. The smallest absolute Gasteiger partial charge is 0.407 e. The SMILES string of the molecule is C=CC(=O)N1CCn2nc(-c3nc(-c4ccc(C(NC)C(F)(F)F)cc4)c4ccsc4c3-c3c(F)cc(F)cc3OCCOC)cc2C1C. The van der Waals surface area contributed by atoms with E-state index in [2.05, 4.69) is 11.9 Å². The van der Waals surface area contributed by atoms with Crippen molar-refractivity contribution in [3.05, 3.63) is 89.5 Å². The molecule has 256 valence electrons. The molecule has 3 aromatic heterocycles. The lowest BCUT2D eigenvalue weighted by atomic mass is 9.95. The average Bonchev–Trinajstić information content (AvgIpc) is 3.73. The number of nitrogens with one attached hydrogen (secondary N) is 1. The number of fused-ring (bicyclic) bond motifs is 2. The van der Waals surface area contributed by atoms with Gasteiger partial charge in [0, 0.05) is 47.0 Å². The number of benzene rings is 2. The minimum atomic E-state index is -4.50. The number of nitrogens with zero attached hydrogens (tertiary/aromatic N) is 4. The zero-order valence-corrected chi connectivity index (χ0v) is 27.6. The number of halogens is 5. The highest BCUT2D eigenvalue weighted by atomic mass is 32.1. The third-order valence-electron chi connectivity index (χ3n) is 8.51. The monoisotopic (exact) mass is 697 g/mol. The number of ether oxygens (including phenoxy) is 2. The summed E-state index contributed by atoms with van der Waals surface area (Å²) in [5, 5.41) is 9.54. The Morgan fingerprint density at radius 3 is 2.53 bits per heavy atom. The fourth-order valence-corrected chi connectivity index (χ4v) is 7.14. The summed E-state index contributed by atoms with van der Waals surface area (Å²) in [6.45, 7) is 6.42. The topological polar surface area (TPSA) is 81.5 Å². The third kappa shape index (κ3) is 6.43. The molecule has 0 radical (unpaired) electrons. The Hall–Kier alpha value is -4.66. The summed E-state index contributed by atoms with van der Waals surface area (Å²) in [6, 6.07) is 9.11. The van der Waals surface area contributed by atoms with Gasteiger partial charge in [-0.2, -0.15) is 18.3 Å². The summed E-state index contributed by atoms with van der Waals surface area (Å²) in [5.74, 6) is -2.01. The molecule has 0 saturated heterocycles. The molecule has 49 heavy (non-hydrogen) atoms. The maximum absolute atomic E-state index is 16.0. The zero-order chi connectivity index (χ0) is 35.0. The van der Waals surface area contributed by atoms with Crippen molar-refractivity contribution < 1.29 is 36.2 Å². The van der Waals surface area contributed by atoms with Crippen LogP contribution < -0.4 is 10.1 Å². The van der Waals surface area contributed by atoms with Gasteiger partial charge in [0.15, 0.2) is 0 Å². The van der Waals surface area contributed by atoms with E-state index in [9.17, 15) is 22.4 Å². The molecule has 8 nitrogen and oxygen atoms in total. The molecule has 1 N–H and O–H groups in total. The number of rotatable bonds is 10. The van der Waals surface area contributed by atoms with Crippen LogP contribution >= 0.6 is 11.3 Å². The standard InChI is InChI=1S/C35H32F5N5O3S/c1-5-28(46)44-11-12-45-26(19(44)2)18-25(43-45)32-30(29-24(37)16-22(36)17-27(29)48-14-13-47-4)33-23(10-15-49-33)31(42-32)20-6-8-21(9-7-20)34(41-3)35(38,39)40/h5-10,15-19,34,41H,1,11-14H2,2-4H3. The molecule has 1 amide bonds. The van der Waals surface area contributed by atoms with E-state index in [4.69, 9.17) is 19.6 Å². The zero-order valence-electron chi connectivity index (χ0n) is 26.8. The number of hydrogen-bond donors (Lipinski definition) is 1. The Kier molecular flexibility index (Phi) is 9.56. The highest BCUT2D eigenvalue weighted by molar-refractivity contribution is 7.18. The van der Waals surface area contributed by atoms with Gasteiger partial charge in [-0.05, 0) is 43.1 Å². The van der Waals surface area contributed by atoms with Gasteiger partial charge in [-0.15, -0.1) is 11.3 Å². The van der Waals surface area contributed by atoms with E-state index in [0.29, 0.717) is 51.4 Å². The first-order valence-corrected chi connectivity index (χ1v) is 16.2. The van der Waals surface area contributed by atoms with Crippen LogP contribution in [0, 0.1) is 11.6 Å². The lowest BCUT2D eigenvalue weighted by molar-refractivity contribution is -0.156. The molecule has 1 aliphatic heterocycles. The van der Waals surface area contributed by atoms with Crippen molar-refractivity contribution in [2.24, 2.45) is 0 Å². The Bertz CT molecular complexity index is 2020. The summed E-state index contributed by atoms with van der Waals surface area (Å²) in [7, 11) is 2.72. The van der Waals surface area contributed by atoms with Crippen LogP contribution in [0.4, 0.5) is 22.0 Å². The Labute approximate surface area is 282 Å². The van der Waals surface area contributed by atoms with Crippen LogP contribution in [0.25, 0.3) is 43.9 Å². The first kappa shape index (κ1) is 34.2. The van der Waals surface area contributed by atoms with Gasteiger partial charge in [-0.25, -0.2) is 13.8 Å². The minimum absolute atomic E-state index is 0.0160. The largest absolute Gasteiger partial charge is 0.490 e. The van der Waals surface area contributed by atoms with Crippen LogP contribution in [0.5, 0.6) is 5.75 Å². The van der Waals surface area contributed by atoms with Gasteiger partial charge in [-0.1, -0.05) is 30.8 Å². The summed E-state index contributed by atoms with van der Waals surface area (Å²) >= 11 is 1.30. The second-order valence-electron chi connectivity index (χ2n) is 11.4. The fourth-order valence-electron chi connectivity index (χ4n) is 6.19. The number of aromatic nitrogens is 3. The summed E-state index contributed by atoms with van der Waals surface area (Å²) in [6.07, 6.45) is -3.25. The van der Waals surface area contributed by atoms with E-state index >= 15 is 4.39 Å². The molecule has 5 aromatic rings. The molecule has 4 heterocycles. The number of alkyl halides is 3. The molecule has 2 unspecified atom stereocenters. The normalized spacial score (nSPS) is 15.3. The summed E-state index contributed by atoms with van der Waals surface area (Å²) < 4.78 is 84.9. The number of hydrogen-bond acceptors (Lipinski definition) is 7. The maximum atomic E-state index is 16.0. The molecule has 0 saturated carbocycles. The van der Waals surface area contributed by atoms with Gasteiger partial charge in [-0.3, -0.25) is 9.48 Å². The van der Waals surface area contributed by atoms with Crippen LogP contribution in [-0.4, -0.2) is 65.7 Å². The van der Waals surface area contributed by atoms with Crippen molar-refractivity contribution >= 4 is 27.3 Å². The van der Waals surface area contributed by atoms with Crippen molar-refractivity contribution in [1.82, 2.24) is 25.0 Å². The van der Waals surface area contributed by atoms with Gasteiger partial charge < -0.3 is 19.7 Å². The summed E-state index contributed by atoms with van der Waals surface area (Å²) in [5.41, 5.74) is 2.57. The number of thiophene rings is 1. The van der Waals surface area contributed by atoms with E-state index in [0.717, 1.165) is 12.1 Å². The number of methoxy groups -OCH3 is 1. The Morgan fingerprint density at radius 2 is 1.86 bits per heavy atom. The highest BCUT2D eigenvalue weighted by Crippen LogP contribution is 2.47. The van der Waals surface area contributed by atoms with Gasteiger partial charge >= 0.3 is 6.18 Å². The van der Waals surface area contributed by atoms with Gasteiger partial charge in [0.05, 0.1) is 36.1 Å². The van der Waals surface area contributed by atoms with Crippen molar-refractivity contribution in [2.45, 2.75) is 31.7 Å². The first-order valence-electron chi connectivity index (χ1n) is 15.3. The molecule has 0 aliphatic carbocycles. The molecular formula is C35H32F5N5O3S. The van der Waals surface area contributed by atoms with Gasteiger partial charge in [0.2, 0.25) is 5.91 Å². The third-order valence-corrected chi connectivity index (χ3v) is 9.45. The van der Waals surface area contributed by atoms with E-state index in [1.807, 2.05) is 6.92 Å². The molecule has 2 aromatic carbocycles. The van der Waals surface area contributed by atoms with Crippen LogP contribution in [0.1, 0.15) is 30.3 Å². The van der Waals surface area contributed by atoms with Gasteiger partial charge in [0.25, 0.3) is 0 Å². The van der Waals surface area contributed by atoms with Crippen molar-refractivity contribution in [3.8, 4) is 39.5 Å². The average molecular weight is 698 g/mol. The van der Waals surface area contributed by atoms with Crippen LogP contribution in [0.3, 0.4) is 0 Å². The molecule has 2 atom stereocenters.